The molecule has 0 amide bonds. The molecule has 0 unspecified atom stereocenters. The molecular formula is C14H6Cl4O4. The van der Waals surface area contributed by atoms with Crippen molar-refractivity contribution in [3.8, 4) is 0 Å². The largest absolute Gasteiger partial charge is 0.387 e. The molecular weight excluding hydrogens is 374 g/mol. The summed E-state index contributed by atoms with van der Waals surface area (Å²) in [6, 6.07) is 8.39. The van der Waals surface area contributed by atoms with Gasteiger partial charge in [-0.3, -0.25) is 0 Å². The maximum atomic E-state index is 11.8. The summed E-state index contributed by atoms with van der Waals surface area (Å²) in [5, 5.41) is 0.763. The van der Waals surface area contributed by atoms with E-state index in [9.17, 15) is 9.59 Å². The van der Waals surface area contributed by atoms with E-state index >= 15 is 0 Å². The van der Waals surface area contributed by atoms with Gasteiger partial charge in [-0.1, -0.05) is 46.4 Å². The molecule has 0 aliphatic heterocycles. The van der Waals surface area contributed by atoms with Crippen LogP contribution in [-0.2, 0) is 9.78 Å². The van der Waals surface area contributed by atoms with Crippen LogP contribution in [0.25, 0.3) is 0 Å². The molecule has 0 radical (unpaired) electrons. The number of halogens is 4. The topological polar surface area (TPSA) is 52.6 Å². The van der Waals surface area contributed by atoms with E-state index in [0.29, 0.717) is 0 Å². The SMILES string of the molecule is O=C(OOC(=O)c1cc(Cl)ccc1Cl)c1cc(Cl)ccc1Cl. The number of carbonyl (C=O) groups is 2. The van der Waals surface area contributed by atoms with Gasteiger partial charge in [0.2, 0.25) is 0 Å². The van der Waals surface area contributed by atoms with Gasteiger partial charge in [0, 0.05) is 10.0 Å². The number of hydrogen-bond donors (Lipinski definition) is 0. The Kier molecular flexibility index (Phi) is 5.53. The summed E-state index contributed by atoms with van der Waals surface area (Å²) in [4.78, 5) is 32.5. The van der Waals surface area contributed by atoms with Gasteiger partial charge in [-0.15, -0.1) is 0 Å². The Morgan fingerprint density at radius 1 is 0.682 bits per heavy atom. The summed E-state index contributed by atoms with van der Waals surface area (Å²) in [5.41, 5.74) is -0.0849. The maximum Gasteiger partial charge on any atom is 0.387 e. The van der Waals surface area contributed by atoms with Crippen molar-refractivity contribution in [2.24, 2.45) is 0 Å². The van der Waals surface area contributed by atoms with E-state index in [0.717, 1.165) is 0 Å². The molecule has 0 fully saturated rings. The van der Waals surface area contributed by atoms with Gasteiger partial charge in [0.1, 0.15) is 0 Å². The summed E-state index contributed by atoms with van der Waals surface area (Å²) in [6.45, 7) is 0. The number of benzene rings is 2. The van der Waals surface area contributed by atoms with Crippen molar-refractivity contribution in [1.82, 2.24) is 0 Å². The first-order chi connectivity index (χ1) is 10.4. The zero-order valence-electron chi connectivity index (χ0n) is 10.6. The Labute approximate surface area is 145 Å². The molecule has 0 spiro atoms. The van der Waals surface area contributed by atoms with Crippen LogP contribution < -0.4 is 0 Å². The summed E-state index contributed by atoms with van der Waals surface area (Å²) < 4.78 is 0. The Morgan fingerprint density at radius 2 is 1.05 bits per heavy atom. The average Bonchev–Trinajstić information content (AvgIpc) is 2.49. The molecule has 2 rings (SSSR count). The highest BCUT2D eigenvalue weighted by Crippen LogP contribution is 2.23. The quantitative estimate of drug-likeness (QED) is 0.529. The first-order valence-corrected chi connectivity index (χ1v) is 7.23. The van der Waals surface area contributed by atoms with Crippen LogP contribution in [0.2, 0.25) is 20.1 Å². The third-order valence-electron chi connectivity index (χ3n) is 2.49. The van der Waals surface area contributed by atoms with E-state index in [1.807, 2.05) is 0 Å². The molecule has 2 aromatic rings. The van der Waals surface area contributed by atoms with Crippen molar-refractivity contribution < 1.29 is 19.4 Å². The van der Waals surface area contributed by atoms with E-state index in [-0.39, 0.29) is 31.2 Å². The molecule has 0 aliphatic rings. The van der Waals surface area contributed by atoms with Crippen molar-refractivity contribution in [3.63, 3.8) is 0 Å². The van der Waals surface area contributed by atoms with Crippen molar-refractivity contribution in [2.75, 3.05) is 0 Å². The molecule has 0 heterocycles. The summed E-state index contributed by atoms with van der Waals surface area (Å²) in [6.07, 6.45) is 0. The van der Waals surface area contributed by atoms with Gasteiger partial charge in [-0.25, -0.2) is 19.4 Å². The van der Waals surface area contributed by atoms with Crippen molar-refractivity contribution in [3.05, 3.63) is 67.6 Å². The van der Waals surface area contributed by atoms with Crippen molar-refractivity contribution in [2.45, 2.75) is 0 Å². The number of rotatable bonds is 2. The zero-order chi connectivity index (χ0) is 16.3. The molecule has 8 heteroatoms. The molecule has 2 aromatic carbocycles. The Balaban J connectivity index is 2.09. The molecule has 0 bridgehead atoms. The lowest BCUT2D eigenvalue weighted by molar-refractivity contribution is -0.187. The average molecular weight is 380 g/mol. The van der Waals surface area contributed by atoms with E-state index in [1.54, 1.807) is 0 Å². The Morgan fingerprint density at radius 3 is 1.41 bits per heavy atom. The highest BCUT2D eigenvalue weighted by Gasteiger charge is 2.19. The maximum absolute atomic E-state index is 11.8. The van der Waals surface area contributed by atoms with Gasteiger partial charge in [0.15, 0.2) is 0 Å². The number of hydrogen-bond acceptors (Lipinski definition) is 4. The molecule has 0 aliphatic carbocycles. The lowest BCUT2D eigenvalue weighted by atomic mass is 10.2. The Bertz CT molecular complexity index is 682. The van der Waals surface area contributed by atoms with Crippen molar-refractivity contribution >= 4 is 58.3 Å². The third-order valence-corrected chi connectivity index (χ3v) is 3.62. The lowest BCUT2D eigenvalue weighted by Gasteiger charge is -2.06. The summed E-state index contributed by atoms with van der Waals surface area (Å²) >= 11 is 23.2. The van der Waals surface area contributed by atoms with E-state index in [4.69, 9.17) is 46.4 Å². The normalized spacial score (nSPS) is 10.2. The fraction of sp³-hybridized carbons (Fsp3) is 0. The van der Waals surface area contributed by atoms with Gasteiger partial charge in [-0.2, -0.15) is 0 Å². The van der Waals surface area contributed by atoms with Crippen LogP contribution in [0, 0.1) is 0 Å². The third kappa shape index (κ3) is 4.05. The summed E-state index contributed by atoms with van der Waals surface area (Å²) in [5.74, 6) is -1.95. The predicted molar refractivity (Wildman–Crippen MR) is 83.8 cm³/mol. The van der Waals surface area contributed by atoms with Crippen molar-refractivity contribution in [1.29, 1.82) is 0 Å². The highest BCUT2D eigenvalue weighted by atomic mass is 35.5. The van der Waals surface area contributed by atoms with E-state index in [2.05, 4.69) is 9.78 Å². The van der Waals surface area contributed by atoms with Crippen LogP contribution in [-0.4, -0.2) is 11.9 Å². The van der Waals surface area contributed by atoms with Crippen LogP contribution in [0.5, 0.6) is 0 Å². The molecule has 0 atom stereocenters. The van der Waals surface area contributed by atoms with E-state index < -0.39 is 11.9 Å². The van der Waals surface area contributed by atoms with Crippen LogP contribution in [0.3, 0.4) is 0 Å². The van der Waals surface area contributed by atoms with Crippen LogP contribution >= 0.6 is 46.4 Å². The minimum atomic E-state index is -0.973. The molecule has 114 valence electrons. The lowest BCUT2D eigenvalue weighted by Crippen LogP contribution is -2.12. The van der Waals surface area contributed by atoms with Crippen LogP contribution in [0.15, 0.2) is 36.4 Å². The smallest absolute Gasteiger partial charge is 0.241 e. The number of carbonyl (C=O) groups excluding carboxylic acids is 2. The molecule has 4 nitrogen and oxygen atoms in total. The minimum absolute atomic E-state index is 0.0424. The fourth-order valence-electron chi connectivity index (χ4n) is 1.47. The molecule has 22 heavy (non-hydrogen) atoms. The van der Waals surface area contributed by atoms with Gasteiger partial charge >= 0.3 is 11.9 Å². The standard InChI is InChI=1S/C14H6Cl4O4/c15-7-1-3-11(17)9(5-7)13(19)21-22-14(20)10-6-8(16)2-4-12(10)18/h1-6H. The van der Waals surface area contributed by atoms with Gasteiger partial charge in [-0.05, 0) is 36.4 Å². The molecule has 0 saturated carbocycles. The molecule has 0 aromatic heterocycles. The molecule has 0 N–H and O–H groups in total. The first kappa shape index (κ1) is 16.9. The van der Waals surface area contributed by atoms with Gasteiger partial charge < -0.3 is 0 Å². The second-order valence-electron chi connectivity index (χ2n) is 3.99. The highest BCUT2D eigenvalue weighted by molar-refractivity contribution is 6.36. The fourth-order valence-corrected chi connectivity index (χ4v) is 2.21. The van der Waals surface area contributed by atoms with Crippen LogP contribution in [0.1, 0.15) is 20.7 Å². The first-order valence-electron chi connectivity index (χ1n) is 5.72. The molecule has 0 saturated heterocycles. The predicted octanol–water partition coefficient (Wildman–Crippen LogP) is 5.23. The second kappa shape index (κ2) is 7.20. The monoisotopic (exact) mass is 378 g/mol. The summed E-state index contributed by atoms with van der Waals surface area (Å²) in [7, 11) is 0. The van der Waals surface area contributed by atoms with E-state index in [1.165, 1.54) is 36.4 Å². The minimum Gasteiger partial charge on any atom is -0.241 e. The Hall–Kier alpha value is -1.46. The zero-order valence-corrected chi connectivity index (χ0v) is 13.6. The second-order valence-corrected chi connectivity index (χ2v) is 5.68. The van der Waals surface area contributed by atoms with Crippen LogP contribution in [0.4, 0.5) is 0 Å². The van der Waals surface area contributed by atoms with Gasteiger partial charge in [0.05, 0.1) is 21.2 Å². The van der Waals surface area contributed by atoms with Gasteiger partial charge in [0.25, 0.3) is 0 Å².